The maximum atomic E-state index is 10.1. The maximum Gasteiger partial charge on any atom is 0.157 e. The number of ether oxygens (including phenoxy) is 2. The van der Waals surface area contributed by atoms with E-state index in [2.05, 4.69) is 6.07 Å². The van der Waals surface area contributed by atoms with E-state index in [4.69, 9.17) is 37.7 Å². The van der Waals surface area contributed by atoms with Crippen molar-refractivity contribution in [3.63, 3.8) is 0 Å². The van der Waals surface area contributed by atoms with E-state index in [-0.39, 0.29) is 0 Å². The van der Waals surface area contributed by atoms with Gasteiger partial charge in [-0.3, -0.25) is 4.40 Å². The third-order valence-corrected chi connectivity index (χ3v) is 6.50. The first-order valence-corrected chi connectivity index (χ1v) is 11.5. The van der Waals surface area contributed by atoms with Crippen LogP contribution in [0.1, 0.15) is 16.7 Å². The number of rotatable bonds is 5. The molecule has 0 amide bonds. The standard InChI is InChI=1S/C28H19Cl2N3O2/c1-34-20-12-19(13-21(15-20)35-2)27-14-18(9-7-17-8-10-23(29)24(30)11-17)22(16-31)28-32-25-5-3-4-6-26(25)33(27)28/h3-15H,1-2H3/b9-7+. The predicted molar refractivity (Wildman–Crippen MR) is 141 cm³/mol. The van der Waals surface area contributed by atoms with Crippen LogP contribution in [0.2, 0.25) is 10.0 Å². The SMILES string of the molecule is COc1cc(OC)cc(-c2cc(/C=C/c3ccc(Cl)c(Cl)c3)c(C#N)c3nc4ccccc4n23)c1. The molecule has 0 N–H and O–H groups in total. The Kier molecular flexibility index (Phi) is 6.08. The van der Waals surface area contributed by atoms with Crippen molar-refractivity contribution in [1.29, 1.82) is 5.26 Å². The first-order valence-electron chi connectivity index (χ1n) is 10.7. The van der Waals surface area contributed by atoms with Crippen LogP contribution >= 0.6 is 23.2 Å². The molecule has 0 bridgehead atoms. The highest BCUT2D eigenvalue weighted by atomic mass is 35.5. The van der Waals surface area contributed by atoms with Crippen molar-refractivity contribution >= 4 is 52.0 Å². The molecule has 3 aromatic carbocycles. The number of nitriles is 1. The highest BCUT2D eigenvalue weighted by Crippen LogP contribution is 2.35. The van der Waals surface area contributed by atoms with E-state index in [1.54, 1.807) is 26.4 Å². The summed E-state index contributed by atoms with van der Waals surface area (Å²) >= 11 is 12.2. The monoisotopic (exact) mass is 499 g/mol. The summed E-state index contributed by atoms with van der Waals surface area (Å²) in [5.41, 5.74) is 6.03. The Labute approximate surface area is 212 Å². The second-order valence-electron chi connectivity index (χ2n) is 7.84. The van der Waals surface area contributed by atoms with Gasteiger partial charge in [0.1, 0.15) is 23.1 Å². The van der Waals surface area contributed by atoms with Gasteiger partial charge in [-0.1, -0.05) is 53.6 Å². The molecule has 2 heterocycles. The van der Waals surface area contributed by atoms with Crippen molar-refractivity contribution in [2.75, 3.05) is 14.2 Å². The van der Waals surface area contributed by atoms with Crippen molar-refractivity contribution in [2.24, 2.45) is 0 Å². The number of benzene rings is 3. The average molecular weight is 500 g/mol. The fourth-order valence-corrected chi connectivity index (χ4v) is 4.37. The number of pyridine rings is 1. The molecule has 0 unspecified atom stereocenters. The molecule has 0 aliphatic rings. The molecule has 0 atom stereocenters. The van der Waals surface area contributed by atoms with Gasteiger partial charge in [-0.05, 0) is 53.6 Å². The van der Waals surface area contributed by atoms with Crippen LogP contribution in [-0.2, 0) is 0 Å². The molecule has 0 aliphatic carbocycles. The molecule has 172 valence electrons. The second kappa shape index (κ2) is 9.34. The number of aromatic nitrogens is 2. The van der Waals surface area contributed by atoms with Crippen LogP contribution in [0.3, 0.4) is 0 Å². The summed E-state index contributed by atoms with van der Waals surface area (Å²) in [6, 6.07) is 23.2. The summed E-state index contributed by atoms with van der Waals surface area (Å²) in [6.45, 7) is 0. The normalized spacial score (nSPS) is 11.3. The molecule has 5 nitrogen and oxygen atoms in total. The van der Waals surface area contributed by atoms with Crippen LogP contribution in [0.5, 0.6) is 11.5 Å². The highest BCUT2D eigenvalue weighted by molar-refractivity contribution is 6.42. The zero-order chi connectivity index (χ0) is 24.5. The van der Waals surface area contributed by atoms with Gasteiger partial charge >= 0.3 is 0 Å². The lowest BCUT2D eigenvalue weighted by Gasteiger charge is -2.13. The molecular formula is C28H19Cl2N3O2. The molecule has 0 saturated carbocycles. The van der Waals surface area contributed by atoms with Gasteiger partial charge < -0.3 is 9.47 Å². The van der Waals surface area contributed by atoms with Crippen molar-refractivity contribution < 1.29 is 9.47 Å². The van der Waals surface area contributed by atoms with E-state index in [0.29, 0.717) is 32.8 Å². The minimum absolute atomic E-state index is 0.466. The largest absolute Gasteiger partial charge is 0.497 e. The summed E-state index contributed by atoms with van der Waals surface area (Å²) in [5, 5.41) is 11.1. The molecule has 35 heavy (non-hydrogen) atoms. The van der Waals surface area contributed by atoms with Gasteiger partial charge in [0.2, 0.25) is 0 Å². The quantitative estimate of drug-likeness (QED) is 0.250. The van der Waals surface area contributed by atoms with Crippen LogP contribution in [0, 0.1) is 11.3 Å². The zero-order valence-electron chi connectivity index (χ0n) is 18.9. The molecule has 2 aromatic heterocycles. The van der Waals surface area contributed by atoms with Gasteiger partial charge in [-0.2, -0.15) is 5.26 Å². The van der Waals surface area contributed by atoms with Gasteiger partial charge in [0.15, 0.2) is 5.65 Å². The molecule has 0 radical (unpaired) electrons. The molecule has 0 saturated heterocycles. The van der Waals surface area contributed by atoms with Gasteiger partial charge in [0, 0.05) is 11.6 Å². The third-order valence-electron chi connectivity index (χ3n) is 5.76. The Morgan fingerprint density at radius 2 is 1.63 bits per heavy atom. The highest BCUT2D eigenvalue weighted by Gasteiger charge is 2.18. The Morgan fingerprint density at radius 3 is 2.31 bits per heavy atom. The number of methoxy groups -OCH3 is 2. The van der Waals surface area contributed by atoms with E-state index in [0.717, 1.165) is 33.4 Å². The summed E-state index contributed by atoms with van der Waals surface area (Å²) in [5.74, 6) is 1.32. The lowest BCUT2D eigenvalue weighted by Crippen LogP contribution is -1.99. The minimum Gasteiger partial charge on any atom is -0.497 e. The van der Waals surface area contributed by atoms with Gasteiger partial charge in [0.25, 0.3) is 0 Å². The van der Waals surface area contributed by atoms with Crippen molar-refractivity contribution in [2.45, 2.75) is 0 Å². The van der Waals surface area contributed by atoms with Crippen LogP contribution in [-0.4, -0.2) is 23.6 Å². The summed E-state index contributed by atoms with van der Waals surface area (Å²) < 4.78 is 13.0. The van der Waals surface area contributed by atoms with Crippen LogP contribution < -0.4 is 9.47 Å². The maximum absolute atomic E-state index is 10.1. The molecule has 0 spiro atoms. The molecule has 0 fully saturated rings. The predicted octanol–water partition coefficient (Wildman–Crippen LogP) is 7.52. The molecular weight excluding hydrogens is 481 g/mol. The van der Waals surface area contributed by atoms with Gasteiger partial charge in [0.05, 0.1) is 41.0 Å². The lowest BCUT2D eigenvalue weighted by molar-refractivity contribution is 0.394. The second-order valence-corrected chi connectivity index (χ2v) is 8.65. The molecule has 0 aliphatic heterocycles. The number of hydrogen-bond acceptors (Lipinski definition) is 4. The van der Waals surface area contributed by atoms with Gasteiger partial charge in [-0.15, -0.1) is 0 Å². The number of nitrogens with zero attached hydrogens (tertiary/aromatic N) is 3. The van der Waals surface area contributed by atoms with Crippen LogP contribution in [0.4, 0.5) is 0 Å². The zero-order valence-corrected chi connectivity index (χ0v) is 20.4. The third kappa shape index (κ3) is 4.19. The van der Waals surface area contributed by atoms with Crippen molar-refractivity contribution in [1.82, 2.24) is 9.38 Å². The Hall–Kier alpha value is -3.98. The van der Waals surface area contributed by atoms with E-state index in [9.17, 15) is 5.26 Å². The fourth-order valence-electron chi connectivity index (χ4n) is 4.07. The Balaban J connectivity index is 1.81. The number of para-hydroxylation sites is 2. The lowest BCUT2D eigenvalue weighted by atomic mass is 10.0. The number of halogens is 2. The summed E-state index contributed by atoms with van der Waals surface area (Å²) in [4.78, 5) is 4.80. The number of imidazole rings is 1. The molecule has 7 heteroatoms. The Morgan fingerprint density at radius 1 is 0.886 bits per heavy atom. The smallest absolute Gasteiger partial charge is 0.157 e. The topological polar surface area (TPSA) is 59.5 Å². The van der Waals surface area contributed by atoms with Crippen LogP contribution in [0.25, 0.3) is 40.1 Å². The van der Waals surface area contributed by atoms with E-state index < -0.39 is 0 Å². The van der Waals surface area contributed by atoms with Crippen LogP contribution in [0.15, 0.2) is 66.7 Å². The number of hydrogen-bond donors (Lipinski definition) is 0. The summed E-state index contributed by atoms with van der Waals surface area (Å²) in [6.07, 6.45) is 3.78. The van der Waals surface area contributed by atoms with Crippen molar-refractivity contribution in [3.05, 3.63) is 93.5 Å². The molecule has 5 aromatic rings. The van der Waals surface area contributed by atoms with E-state index in [1.165, 1.54) is 0 Å². The molecule has 5 rings (SSSR count). The van der Waals surface area contributed by atoms with E-state index >= 15 is 0 Å². The Bertz CT molecular complexity index is 1640. The summed E-state index contributed by atoms with van der Waals surface area (Å²) in [7, 11) is 3.23. The van der Waals surface area contributed by atoms with E-state index in [1.807, 2.05) is 71.2 Å². The number of fused-ring (bicyclic) bond motifs is 3. The fraction of sp³-hybridized carbons (Fsp3) is 0.0714. The van der Waals surface area contributed by atoms with Gasteiger partial charge in [-0.25, -0.2) is 4.98 Å². The van der Waals surface area contributed by atoms with Crippen molar-refractivity contribution in [3.8, 4) is 28.8 Å². The average Bonchev–Trinajstić information content (AvgIpc) is 3.27. The first kappa shape index (κ1) is 22.8. The minimum atomic E-state index is 0.466. The first-order chi connectivity index (χ1) is 17.0.